The highest BCUT2D eigenvalue weighted by Gasteiger charge is 2.30. The summed E-state index contributed by atoms with van der Waals surface area (Å²) in [7, 11) is 0. The van der Waals surface area contributed by atoms with Crippen molar-refractivity contribution in [2.24, 2.45) is 17.2 Å². The van der Waals surface area contributed by atoms with Gasteiger partial charge in [-0.1, -0.05) is 12.7 Å². The quantitative estimate of drug-likeness (QED) is 0.402. The predicted molar refractivity (Wildman–Crippen MR) is 77.5 cm³/mol. The first-order valence-electron chi connectivity index (χ1n) is 6.11. The lowest BCUT2D eigenvalue weighted by molar-refractivity contribution is 0.0545. The molecule has 1 rings (SSSR count). The molecule has 11 heteroatoms. The molecule has 0 radical (unpaired) electrons. The van der Waals surface area contributed by atoms with E-state index in [1.165, 1.54) is 6.08 Å². The average Bonchev–Trinajstić information content (AvgIpc) is 2.46. The van der Waals surface area contributed by atoms with E-state index in [9.17, 15) is 24.3 Å². The fraction of sp³-hybridized carbons (Fsp3) is 0.0769. The molecule has 0 aliphatic carbocycles. The topological polar surface area (TPSA) is 194 Å². The van der Waals surface area contributed by atoms with Crippen molar-refractivity contribution >= 4 is 24.1 Å². The van der Waals surface area contributed by atoms with E-state index in [0.717, 1.165) is 6.07 Å². The first kappa shape index (κ1) is 18.3. The van der Waals surface area contributed by atoms with Gasteiger partial charge in [0.2, 0.25) is 5.75 Å². The maximum absolute atomic E-state index is 12.0. The molecule has 0 aliphatic heterocycles. The van der Waals surface area contributed by atoms with Crippen LogP contribution in [-0.2, 0) is 4.74 Å². The van der Waals surface area contributed by atoms with E-state index in [4.69, 9.17) is 21.9 Å². The van der Waals surface area contributed by atoms with Crippen LogP contribution in [0, 0.1) is 0 Å². The lowest BCUT2D eigenvalue weighted by Crippen LogP contribution is -2.25. The fourth-order valence-corrected chi connectivity index (χ4v) is 1.64. The highest BCUT2D eigenvalue weighted by atomic mass is 16.6. The Morgan fingerprint density at radius 2 is 1.62 bits per heavy atom. The second kappa shape index (κ2) is 7.49. The molecule has 0 spiro atoms. The summed E-state index contributed by atoms with van der Waals surface area (Å²) in [5.74, 6) is -4.90. The molecule has 0 saturated carbocycles. The highest BCUT2D eigenvalue weighted by Crippen LogP contribution is 2.42. The van der Waals surface area contributed by atoms with Crippen LogP contribution in [0.2, 0.25) is 0 Å². The Hall–Kier alpha value is -3.76. The minimum Gasteiger partial charge on any atom is -0.504 e. The number of hydrogen-bond donors (Lipinski definition) is 4. The van der Waals surface area contributed by atoms with E-state index >= 15 is 0 Å². The lowest BCUT2D eigenvalue weighted by atomic mass is 10.0. The third-order valence-electron chi connectivity index (χ3n) is 2.42. The van der Waals surface area contributed by atoms with Gasteiger partial charge in [0.05, 0.1) is 5.56 Å². The first-order chi connectivity index (χ1) is 11.2. The van der Waals surface area contributed by atoms with Gasteiger partial charge in [-0.15, -0.1) is 0 Å². The molecule has 0 fully saturated rings. The molecule has 0 atom stereocenters. The van der Waals surface area contributed by atoms with Crippen molar-refractivity contribution in [1.29, 1.82) is 0 Å². The van der Waals surface area contributed by atoms with Gasteiger partial charge in [0.25, 0.3) is 5.91 Å². The highest BCUT2D eigenvalue weighted by molar-refractivity contribution is 6.08. The summed E-state index contributed by atoms with van der Waals surface area (Å²) < 4.78 is 13.7. The van der Waals surface area contributed by atoms with E-state index in [1.54, 1.807) is 0 Å². The smallest absolute Gasteiger partial charge is 0.410 e. The van der Waals surface area contributed by atoms with E-state index in [2.05, 4.69) is 16.1 Å². The summed E-state index contributed by atoms with van der Waals surface area (Å²) in [5, 5.41) is 9.87. The van der Waals surface area contributed by atoms with Gasteiger partial charge in [-0.2, -0.15) is 0 Å². The summed E-state index contributed by atoms with van der Waals surface area (Å²) in [4.78, 5) is 45.5. The third-order valence-corrected chi connectivity index (χ3v) is 2.42. The van der Waals surface area contributed by atoms with Crippen LogP contribution < -0.4 is 26.7 Å². The number of hydrogen-bond acceptors (Lipinski definition) is 8. The van der Waals surface area contributed by atoms with Gasteiger partial charge in [0.15, 0.2) is 11.5 Å². The van der Waals surface area contributed by atoms with Gasteiger partial charge in [0.1, 0.15) is 12.2 Å². The van der Waals surface area contributed by atoms with Gasteiger partial charge in [-0.05, 0) is 6.07 Å². The Morgan fingerprint density at radius 1 is 1.08 bits per heavy atom. The van der Waals surface area contributed by atoms with Crippen molar-refractivity contribution < 1.29 is 38.5 Å². The number of ether oxygens (including phenoxy) is 3. The van der Waals surface area contributed by atoms with E-state index in [1.807, 2.05) is 0 Å². The lowest BCUT2D eigenvalue weighted by Gasteiger charge is -2.15. The molecule has 0 saturated heterocycles. The molecule has 0 aromatic heterocycles. The molecule has 7 N–H and O–H groups in total. The molecule has 128 valence electrons. The van der Waals surface area contributed by atoms with Crippen molar-refractivity contribution in [3.63, 3.8) is 0 Å². The van der Waals surface area contributed by atoms with Crippen LogP contribution in [0.1, 0.15) is 20.7 Å². The maximum atomic E-state index is 12.0. The molecule has 0 heterocycles. The largest absolute Gasteiger partial charge is 0.504 e. The van der Waals surface area contributed by atoms with Crippen LogP contribution in [0.15, 0.2) is 18.7 Å². The fourth-order valence-electron chi connectivity index (χ4n) is 1.64. The number of nitrogens with two attached hydrogens (primary N) is 3. The molecule has 0 unspecified atom stereocenters. The predicted octanol–water partition coefficient (Wildman–Crippen LogP) is -0.251. The van der Waals surface area contributed by atoms with Crippen molar-refractivity contribution in [2.45, 2.75) is 0 Å². The number of primary amides is 3. The van der Waals surface area contributed by atoms with Crippen molar-refractivity contribution in [2.75, 3.05) is 6.61 Å². The van der Waals surface area contributed by atoms with Gasteiger partial charge in [-0.3, -0.25) is 4.79 Å². The number of amides is 3. The third kappa shape index (κ3) is 4.13. The number of benzene rings is 1. The second-order valence-electron chi connectivity index (χ2n) is 4.07. The van der Waals surface area contributed by atoms with Gasteiger partial charge in [-0.25, -0.2) is 14.4 Å². The summed E-state index contributed by atoms with van der Waals surface area (Å²) in [6.45, 7) is 3.11. The van der Waals surface area contributed by atoms with E-state index in [0.29, 0.717) is 0 Å². The first-order valence-corrected chi connectivity index (χ1v) is 6.11. The Labute approximate surface area is 134 Å². The standard InChI is InChI=1S/C13H13N3O8/c1-2-3-22-11(19)5-4-6(17)8(23-12(15)20)9(24-13(16)21)7(5)10(14)18/h2,4,17H,1,3H2,(H2,14,18)(H2,15,20)(H2,16,21). The van der Waals surface area contributed by atoms with Crippen LogP contribution in [0.25, 0.3) is 0 Å². The Morgan fingerprint density at radius 3 is 2.08 bits per heavy atom. The van der Waals surface area contributed by atoms with Crippen LogP contribution in [0.3, 0.4) is 0 Å². The van der Waals surface area contributed by atoms with Crippen LogP contribution in [0.4, 0.5) is 9.59 Å². The molecule has 1 aromatic rings. The summed E-state index contributed by atoms with van der Waals surface area (Å²) in [5.41, 5.74) is 13.6. The number of carbonyl (C=O) groups is 4. The van der Waals surface area contributed by atoms with Gasteiger partial charge >= 0.3 is 18.2 Å². The van der Waals surface area contributed by atoms with Crippen molar-refractivity contribution in [3.05, 3.63) is 29.8 Å². The maximum Gasteiger partial charge on any atom is 0.410 e. The molecule has 0 aliphatic rings. The molecule has 24 heavy (non-hydrogen) atoms. The zero-order valence-electron chi connectivity index (χ0n) is 12.1. The molecule has 3 amide bonds. The monoisotopic (exact) mass is 339 g/mol. The second-order valence-corrected chi connectivity index (χ2v) is 4.07. The molecule has 0 bridgehead atoms. The van der Waals surface area contributed by atoms with Gasteiger partial charge < -0.3 is 36.5 Å². The summed E-state index contributed by atoms with van der Waals surface area (Å²) >= 11 is 0. The number of phenolic OH excluding ortho intramolecular Hbond substituents is 1. The number of phenols is 1. The van der Waals surface area contributed by atoms with Gasteiger partial charge in [0, 0.05) is 0 Å². The van der Waals surface area contributed by atoms with Crippen LogP contribution in [-0.4, -0.2) is 35.8 Å². The Bertz CT molecular complexity index is 728. The normalized spacial score (nSPS) is 9.67. The summed E-state index contributed by atoms with van der Waals surface area (Å²) in [6, 6.07) is 0.720. The number of rotatable bonds is 6. The Kier molecular flexibility index (Phi) is 5.71. The SMILES string of the molecule is C=CCOC(=O)c1cc(O)c(OC(N)=O)c(OC(N)=O)c1C(N)=O. The summed E-state index contributed by atoms with van der Waals surface area (Å²) in [6.07, 6.45) is -1.60. The number of esters is 1. The van der Waals surface area contributed by atoms with Crippen LogP contribution >= 0.6 is 0 Å². The average molecular weight is 339 g/mol. The number of carbonyl (C=O) groups excluding carboxylic acids is 4. The van der Waals surface area contributed by atoms with Crippen molar-refractivity contribution in [1.82, 2.24) is 0 Å². The Balaban J connectivity index is 3.67. The van der Waals surface area contributed by atoms with Crippen LogP contribution in [0.5, 0.6) is 17.2 Å². The van der Waals surface area contributed by atoms with E-state index < -0.39 is 52.4 Å². The van der Waals surface area contributed by atoms with Crippen molar-refractivity contribution in [3.8, 4) is 17.2 Å². The molecular weight excluding hydrogens is 326 g/mol. The minimum atomic E-state index is -1.44. The molecular formula is C13H13N3O8. The zero-order chi connectivity index (χ0) is 18.4. The zero-order valence-corrected chi connectivity index (χ0v) is 12.1. The number of aromatic hydroxyl groups is 1. The minimum absolute atomic E-state index is 0.219. The molecule has 1 aromatic carbocycles. The van der Waals surface area contributed by atoms with E-state index in [-0.39, 0.29) is 6.61 Å². The molecule has 11 nitrogen and oxygen atoms in total.